The highest BCUT2D eigenvalue weighted by Gasteiger charge is 2.26. The molecule has 8 nitrogen and oxygen atoms in total. The zero-order valence-electron chi connectivity index (χ0n) is 13.1. The second kappa shape index (κ2) is 7.42. The maximum Gasteiger partial charge on any atom is 0.407 e. The van der Waals surface area contributed by atoms with Gasteiger partial charge in [-0.2, -0.15) is 4.72 Å². The molecule has 0 saturated carbocycles. The number of sulfonamides is 1. The number of benzene rings is 1. The highest BCUT2D eigenvalue weighted by atomic mass is 32.2. The predicted octanol–water partition coefficient (Wildman–Crippen LogP) is 0.943. The number of hydrogen-bond donors (Lipinski definition) is 3. The molecule has 0 aliphatic rings. The average Bonchev–Trinajstić information content (AvgIpc) is 2.42. The van der Waals surface area contributed by atoms with E-state index in [1.54, 1.807) is 26.8 Å². The third kappa shape index (κ3) is 6.66. The molecule has 1 aromatic rings. The van der Waals surface area contributed by atoms with E-state index >= 15 is 0 Å². The van der Waals surface area contributed by atoms with Crippen molar-refractivity contribution in [3.8, 4) is 0 Å². The van der Waals surface area contributed by atoms with Gasteiger partial charge in [0.05, 0.1) is 4.90 Å². The molecule has 1 unspecified atom stereocenters. The van der Waals surface area contributed by atoms with Gasteiger partial charge in [0.15, 0.2) is 0 Å². The molecule has 0 aromatic heterocycles. The lowest BCUT2D eigenvalue weighted by Crippen LogP contribution is -2.49. The molecule has 1 amide bonds. The van der Waals surface area contributed by atoms with Gasteiger partial charge in [0, 0.05) is 6.54 Å². The van der Waals surface area contributed by atoms with Gasteiger partial charge in [-0.25, -0.2) is 13.2 Å². The number of carboxylic acids is 1. The van der Waals surface area contributed by atoms with E-state index in [0.717, 1.165) is 0 Å². The van der Waals surface area contributed by atoms with Gasteiger partial charge in [-0.1, -0.05) is 18.2 Å². The van der Waals surface area contributed by atoms with Crippen LogP contribution in [0.25, 0.3) is 0 Å². The Kier molecular flexibility index (Phi) is 6.11. The van der Waals surface area contributed by atoms with E-state index in [4.69, 9.17) is 9.84 Å². The van der Waals surface area contributed by atoms with Crippen LogP contribution in [0.3, 0.4) is 0 Å². The van der Waals surface area contributed by atoms with Crippen LogP contribution in [0.5, 0.6) is 0 Å². The molecular formula is C14H20N2O6S. The summed E-state index contributed by atoms with van der Waals surface area (Å²) in [6.45, 7) is 4.51. The molecule has 0 fully saturated rings. The topological polar surface area (TPSA) is 122 Å². The third-order valence-corrected chi connectivity index (χ3v) is 3.99. The first-order valence-corrected chi connectivity index (χ1v) is 8.26. The Hall–Kier alpha value is -2.13. The van der Waals surface area contributed by atoms with Crippen molar-refractivity contribution in [2.24, 2.45) is 0 Å². The fourth-order valence-corrected chi connectivity index (χ4v) is 2.74. The first kappa shape index (κ1) is 18.9. The van der Waals surface area contributed by atoms with Crippen LogP contribution in [-0.4, -0.2) is 43.8 Å². The van der Waals surface area contributed by atoms with E-state index in [1.807, 2.05) is 4.72 Å². The van der Waals surface area contributed by atoms with Crippen LogP contribution < -0.4 is 10.0 Å². The van der Waals surface area contributed by atoms with E-state index in [2.05, 4.69) is 5.32 Å². The second-order valence-electron chi connectivity index (χ2n) is 5.71. The van der Waals surface area contributed by atoms with Crippen molar-refractivity contribution in [2.45, 2.75) is 37.3 Å². The number of amides is 1. The number of carbonyl (C=O) groups excluding carboxylic acids is 1. The Morgan fingerprint density at radius 2 is 1.78 bits per heavy atom. The highest BCUT2D eigenvalue weighted by Crippen LogP contribution is 2.09. The van der Waals surface area contributed by atoms with Gasteiger partial charge < -0.3 is 15.2 Å². The van der Waals surface area contributed by atoms with Gasteiger partial charge in [-0.3, -0.25) is 4.79 Å². The van der Waals surface area contributed by atoms with Crippen molar-refractivity contribution in [2.75, 3.05) is 6.54 Å². The SMILES string of the molecule is CC(C)(C)OC(=O)NCC(NS(=O)(=O)c1ccccc1)C(=O)O. The summed E-state index contributed by atoms with van der Waals surface area (Å²) in [4.78, 5) is 22.6. The summed E-state index contributed by atoms with van der Waals surface area (Å²) >= 11 is 0. The minimum atomic E-state index is -4.01. The molecule has 23 heavy (non-hydrogen) atoms. The molecule has 0 heterocycles. The maximum atomic E-state index is 12.1. The molecular weight excluding hydrogens is 324 g/mol. The fraction of sp³-hybridized carbons (Fsp3) is 0.429. The summed E-state index contributed by atoms with van der Waals surface area (Å²) in [5.74, 6) is -1.42. The zero-order valence-corrected chi connectivity index (χ0v) is 13.9. The van der Waals surface area contributed by atoms with Gasteiger partial charge in [0.25, 0.3) is 0 Å². The molecule has 128 valence electrons. The van der Waals surface area contributed by atoms with Gasteiger partial charge in [-0.05, 0) is 32.9 Å². The molecule has 1 atom stereocenters. The monoisotopic (exact) mass is 344 g/mol. The first-order chi connectivity index (χ1) is 10.5. The van der Waals surface area contributed by atoms with E-state index in [1.165, 1.54) is 24.3 Å². The number of rotatable bonds is 6. The lowest BCUT2D eigenvalue weighted by atomic mass is 10.2. The standard InChI is InChI=1S/C14H20N2O6S/c1-14(2,3)22-13(19)15-9-11(12(17)18)16-23(20,21)10-7-5-4-6-8-10/h4-8,11,16H,9H2,1-3H3,(H,15,19)(H,17,18). The van der Waals surface area contributed by atoms with Crippen LogP contribution in [0.1, 0.15) is 20.8 Å². The molecule has 0 bridgehead atoms. The zero-order chi connectivity index (χ0) is 17.7. The van der Waals surface area contributed by atoms with E-state index in [-0.39, 0.29) is 4.90 Å². The number of carbonyl (C=O) groups is 2. The number of aliphatic carboxylic acids is 1. The van der Waals surface area contributed by atoms with Gasteiger partial charge >= 0.3 is 12.1 Å². The van der Waals surface area contributed by atoms with Crippen LogP contribution in [0.4, 0.5) is 4.79 Å². The first-order valence-electron chi connectivity index (χ1n) is 6.78. The van der Waals surface area contributed by atoms with E-state index in [9.17, 15) is 18.0 Å². The number of nitrogens with one attached hydrogen (secondary N) is 2. The number of carboxylic acid groups (broad SMARTS) is 1. The van der Waals surface area contributed by atoms with Crippen molar-refractivity contribution >= 4 is 22.1 Å². The summed E-state index contributed by atoms with van der Waals surface area (Å²) in [5, 5.41) is 11.3. The Balaban J connectivity index is 2.73. The molecule has 0 spiro atoms. The maximum absolute atomic E-state index is 12.1. The fourth-order valence-electron chi connectivity index (χ4n) is 1.53. The van der Waals surface area contributed by atoms with Crippen molar-refractivity contribution < 1.29 is 27.9 Å². The predicted molar refractivity (Wildman–Crippen MR) is 82.4 cm³/mol. The van der Waals surface area contributed by atoms with Crippen molar-refractivity contribution in [3.05, 3.63) is 30.3 Å². The summed E-state index contributed by atoms with van der Waals surface area (Å²) in [7, 11) is -4.01. The van der Waals surface area contributed by atoms with E-state index < -0.39 is 40.3 Å². The Morgan fingerprint density at radius 1 is 1.22 bits per heavy atom. The van der Waals surface area contributed by atoms with Crippen LogP contribution in [0.2, 0.25) is 0 Å². The summed E-state index contributed by atoms with van der Waals surface area (Å²) < 4.78 is 31.2. The summed E-state index contributed by atoms with van der Waals surface area (Å²) in [6, 6.07) is 5.82. The van der Waals surface area contributed by atoms with Crippen molar-refractivity contribution in [3.63, 3.8) is 0 Å². The Labute approximate surface area is 134 Å². The lowest BCUT2D eigenvalue weighted by molar-refractivity contribution is -0.138. The van der Waals surface area contributed by atoms with Crippen molar-refractivity contribution in [1.29, 1.82) is 0 Å². The smallest absolute Gasteiger partial charge is 0.407 e. The van der Waals surface area contributed by atoms with Gasteiger partial charge in [-0.15, -0.1) is 0 Å². The van der Waals surface area contributed by atoms with Gasteiger partial charge in [0.2, 0.25) is 10.0 Å². The number of ether oxygens (including phenoxy) is 1. The molecule has 3 N–H and O–H groups in total. The summed E-state index contributed by atoms with van der Waals surface area (Å²) in [5.41, 5.74) is -0.744. The Bertz CT molecular complexity index is 652. The molecule has 0 radical (unpaired) electrons. The molecule has 1 aromatic carbocycles. The minimum absolute atomic E-state index is 0.0662. The van der Waals surface area contributed by atoms with Crippen LogP contribution in [0, 0.1) is 0 Å². The lowest BCUT2D eigenvalue weighted by Gasteiger charge is -2.21. The molecule has 1 rings (SSSR count). The summed E-state index contributed by atoms with van der Waals surface area (Å²) in [6.07, 6.45) is -0.831. The average molecular weight is 344 g/mol. The largest absolute Gasteiger partial charge is 0.480 e. The normalized spacial score (nSPS) is 13.2. The highest BCUT2D eigenvalue weighted by molar-refractivity contribution is 7.89. The quantitative estimate of drug-likeness (QED) is 0.706. The van der Waals surface area contributed by atoms with E-state index in [0.29, 0.717) is 0 Å². The number of hydrogen-bond acceptors (Lipinski definition) is 5. The molecule has 0 aliphatic heterocycles. The molecule has 0 aliphatic carbocycles. The van der Waals surface area contributed by atoms with Crippen LogP contribution >= 0.6 is 0 Å². The van der Waals surface area contributed by atoms with Crippen molar-refractivity contribution in [1.82, 2.24) is 10.0 Å². The molecule has 9 heteroatoms. The minimum Gasteiger partial charge on any atom is -0.480 e. The third-order valence-electron chi connectivity index (χ3n) is 2.50. The molecule has 0 saturated heterocycles. The number of alkyl carbamates (subject to hydrolysis) is 1. The van der Waals surface area contributed by atoms with Crippen LogP contribution in [0.15, 0.2) is 35.2 Å². The Morgan fingerprint density at radius 3 is 2.26 bits per heavy atom. The van der Waals surface area contributed by atoms with Gasteiger partial charge in [0.1, 0.15) is 11.6 Å². The second-order valence-corrected chi connectivity index (χ2v) is 7.42. The van der Waals surface area contributed by atoms with Crippen LogP contribution in [-0.2, 0) is 19.6 Å².